The van der Waals surface area contributed by atoms with Gasteiger partial charge in [-0.25, -0.2) is 4.39 Å². The lowest BCUT2D eigenvalue weighted by Crippen LogP contribution is -2.40. The van der Waals surface area contributed by atoms with E-state index in [-0.39, 0.29) is 24.3 Å². The number of carbonyl (C=O) groups is 1. The molecule has 1 aromatic carbocycles. The number of hydrogen-bond donors (Lipinski definition) is 2. The normalized spacial score (nSPS) is 10.6. The summed E-state index contributed by atoms with van der Waals surface area (Å²) in [5.74, 6) is -0.328. The Morgan fingerprint density at radius 3 is 2.53 bits per heavy atom. The topological polar surface area (TPSA) is 58.4 Å². The number of hydrogen-bond acceptors (Lipinski definition) is 3. The van der Waals surface area contributed by atoms with Gasteiger partial charge in [-0.05, 0) is 51.1 Å². The van der Waals surface area contributed by atoms with Crippen molar-refractivity contribution in [1.29, 1.82) is 0 Å². The number of rotatable bonds is 7. The van der Waals surface area contributed by atoms with E-state index in [1.165, 1.54) is 12.1 Å². The molecule has 0 heterocycles. The van der Waals surface area contributed by atoms with Gasteiger partial charge < -0.3 is 16.0 Å². The highest BCUT2D eigenvalue weighted by atomic mass is 19.1. The molecule has 0 saturated heterocycles. The summed E-state index contributed by atoms with van der Waals surface area (Å²) in [5.41, 5.74) is 6.33. The summed E-state index contributed by atoms with van der Waals surface area (Å²) in [6, 6.07) is 6.25. The van der Waals surface area contributed by atoms with Crippen LogP contribution in [0, 0.1) is 5.82 Å². The van der Waals surface area contributed by atoms with Crippen molar-refractivity contribution >= 4 is 11.6 Å². The smallest absolute Gasteiger partial charge is 0.239 e. The molecular formula is C14H22FN3O. The first-order chi connectivity index (χ1) is 9.02. The van der Waals surface area contributed by atoms with Crippen LogP contribution in [-0.4, -0.2) is 31.6 Å². The Balaban J connectivity index is 2.71. The van der Waals surface area contributed by atoms with Crippen molar-refractivity contribution in [3.63, 3.8) is 0 Å². The van der Waals surface area contributed by atoms with Crippen LogP contribution in [0.4, 0.5) is 10.1 Å². The van der Waals surface area contributed by atoms with Gasteiger partial charge in [0, 0.05) is 18.3 Å². The molecule has 0 aliphatic carbocycles. The van der Waals surface area contributed by atoms with E-state index in [0.717, 1.165) is 12.1 Å². The largest absolute Gasteiger partial charge is 0.362 e. The van der Waals surface area contributed by atoms with E-state index in [2.05, 4.69) is 5.32 Å². The standard InChI is InChI=1S/C14H22FN3O/c1-11(2)17-14(19)10-18(9-3-8-16)13-6-4-12(15)5-7-13/h4-7,11H,3,8-10,16H2,1-2H3,(H,17,19). The van der Waals surface area contributed by atoms with Crippen molar-refractivity contribution in [3.05, 3.63) is 30.1 Å². The molecule has 0 fully saturated rings. The van der Waals surface area contributed by atoms with Crippen LogP contribution >= 0.6 is 0 Å². The highest BCUT2D eigenvalue weighted by molar-refractivity contribution is 5.81. The Morgan fingerprint density at radius 2 is 2.00 bits per heavy atom. The summed E-state index contributed by atoms with van der Waals surface area (Å²) in [6.07, 6.45) is 0.784. The lowest BCUT2D eigenvalue weighted by atomic mass is 10.2. The molecule has 1 aromatic rings. The van der Waals surface area contributed by atoms with E-state index < -0.39 is 0 Å². The summed E-state index contributed by atoms with van der Waals surface area (Å²) in [7, 11) is 0. The van der Waals surface area contributed by atoms with Crippen molar-refractivity contribution < 1.29 is 9.18 Å². The summed E-state index contributed by atoms with van der Waals surface area (Å²) in [5, 5.41) is 2.84. The number of anilines is 1. The van der Waals surface area contributed by atoms with Gasteiger partial charge in [-0.15, -0.1) is 0 Å². The molecule has 1 rings (SSSR count). The van der Waals surface area contributed by atoms with Crippen molar-refractivity contribution in [2.45, 2.75) is 26.3 Å². The van der Waals surface area contributed by atoms with Crippen LogP contribution < -0.4 is 16.0 Å². The number of benzene rings is 1. The summed E-state index contributed by atoms with van der Waals surface area (Å²) in [6.45, 7) is 5.32. The predicted molar refractivity (Wildman–Crippen MR) is 75.6 cm³/mol. The first-order valence-corrected chi connectivity index (χ1v) is 6.53. The minimum absolute atomic E-state index is 0.0450. The lowest BCUT2D eigenvalue weighted by molar-refractivity contribution is -0.120. The fraction of sp³-hybridized carbons (Fsp3) is 0.500. The van der Waals surface area contributed by atoms with Gasteiger partial charge in [0.25, 0.3) is 0 Å². The predicted octanol–water partition coefficient (Wildman–Crippen LogP) is 1.51. The van der Waals surface area contributed by atoms with Gasteiger partial charge >= 0.3 is 0 Å². The Bertz CT molecular complexity index is 392. The van der Waals surface area contributed by atoms with Gasteiger partial charge in [0.2, 0.25) is 5.91 Å². The summed E-state index contributed by atoms with van der Waals surface area (Å²) >= 11 is 0. The number of halogens is 1. The van der Waals surface area contributed by atoms with Gasteiger partial charge in [0.1, 0.15) is 5.82 Å². The molecule has 3 N–H and O–H groups in total. The Kier molecular flexibility index (Phi) is 6.29. The SMILES string of the molecule is CC(C)NC(=O)CN(CCCN)c1ccc(F)cc1. The maximum Gasteiger partial charge on any atom is 0.239 e. The van der Waals surface area contributed by atoms with E-state index in [1.54, 1.807) is 12.1 Å². The molecule has 0 saturated carbocycles. The molecule has 5 heteroatoms. The van der Waals surface area contributed by atoms with E-state index in [0.29, 0.717) is 13.1 Å². The third-order valence-electron chi connectivity index (χ3n) is 2.61. The maximum atomic E-state index is 12.9. The molecule has 0 aliphatic heterocycles. The second kappa shape index (κ2) is 7.74. The number of nitrogens with two attached hydrogens (primary N) is 1. The van der Waals surface area contributed by atoms with Gasteiger partial charge in [-0.1, -0.05) is 0 Å². The molecule has 0 aromatic heterocycles. The average molecular weight is 267 g/mol. The third kappa shape index (κ3) is 5.70. The zero-order chi connectivity index (χ0) is 14.3. The fourth-order valence-electron chi connectivity index (χ4n) is 1.77. The molecule has 1 amide bonds. The van der Waals surface area contributed by atoms with E-state index in [4.69, 9.17) is 5.73 Å². The molecule has 0 atom stereocenters. The highest BCUT2D eigenvalue weighted by Crippen LogP contribution is 2.14. The quantitative estimate of drug-likeness (QED) is 0.787. The van der Waals surface area contributed by atoms with Crippen LogP contribution in [-0.2, 0) is 4.79 Å². The third-order valence-corrected chi connectivity index (χ3v) is 2.61. The molecule has 106 valence electrons. The molecule has 0 radical (unpaired) electrons. The molecule has 4 nitrogen and oxygen atoms in total. The molecule has 0 aliphatic rings. The van der Waals surface area contributed by atoms with Crippen LogP contribution in [0.5, 0.6) is 0 Å². The number of nitrogens with one attached hydrogen (secondary N) is 1. The van der Waals surface area contributed by atoms with Gasteiger partial charge in [-0.2, -0.15) is 0 Å². The Hall–Kier alpha value is -1.62. The lowest BCUT2D eigenvalue weighted by Gasteiger charge is -2.24. The van der Waals surface area contributed by atoms with Gasteiger partial charge in [0.15, 0.2) is 0 Å². The van der Waals surface area contributed by atoms with Crippen molar-refractivity contribution in [2.24, 2.45) is 5.73 Å². The molecule has 0 bridgehead atoms. The van der Waals surface area contributed by atoms with Crippen LogP contribution in [0.3, 0.4) is 0 Å². The van der Waals surface area contributed by atoms with Crippen LogP contribution in [0.2, 0.25) is 0 Å². The zero-order valence-electron chi connectivity index (χ0n) is 11.5. The summed E-state index contributed by atoms with van der Waals surface area (Å²) < 4.78 is 12.9. The molecular weight excluding hydrogens is 245 g/mol. The monoisotopic (exact) mass is 267 g/mol. The fourth-order valence-corrected chi connectivity index (χ4v) is 1.77. The average Bonchev–Trinajstić information content (AvgIpc) is 2.34. The Morgan fingerprint density at radius 1 is 1.37 bits per heavy atom. The van der Waals surface area contributed by atoms with Gasteiger partial charge in [0.05, 0.1) is 6.54 Å². The highest BCUT2D eigenvalue weighted by Gasteiger charge is 2.12. The molecule has 0 spiro atoms. The van der Waals surface area contributed by atoms with E-state index in [9.17, 15) is 9.18 Å². The Labute approximate surface area is 113 Å². The second-order valence-electron chi connectivity index (χ2n) is 4.76. The van der Waals surface area contributed by atoms with Crippen molar-refractivity contribution in [2.75, 3.05) is 24.5 Å². The maximum absolute atomic E-state index is 12.9. The second-order valence-corrected chi connectivity index (χ2v) is 4.76. The van der Waals surface area contributed by atoms with Crippen LogP contribution in [0.25, 0.3) is 0 Å². The van der Waals surface area contributed by atoms with E-state index >= 15 is 0 Å². The van der Waals surface area contributed by atoms with Gasteiger partial charge in [-0.3, -0.25) is 4.79 Å². The van der Waals surface area contributed by atoms with Crippen molar-refractivity contribution in [1.82, 2.24) is 5.32 Å². The first kappa shape index (κ1) is 15.4. The number of amides is 1. The zero-order valence-corrected chi connectivity index (χ0v) is 11.5. The van der Waals surface area contributed by atoms with E-state index in [1.807, 2.05) is 18.7 Å². The summed E-state index contributed by atoms with van der Waals surface area (Å²) in [4.78, 5) is 13.7. The minimum Gasteiger partial charge on any atom is -0.362 e. The minimum atomic E-state index is -0.283. The van der Waals surface area contributed by atoms with Crippen molar-refractivity contribution in [3.8, 4) is 0 Å². The molecule has 19 heavy (non-hydrogen) atoms. The number of carbonyl (C=O) groups excluding carboxylic acids is 1. The molecule has 0 unspecified atom stereocenters. The first-order valence-electron chi connectivity index (χ1n) is 6.53. The number of nitrogens with zero attached hydrogens (tertiary/aromatic N) is 1. The van der Waals surface area contributed by atoms with Crippen LogP contribution in [0.15, 0.2) is 24.3 Å². The van der Waals surface area contributed by atoms with Crippen LogP contribution in [0.1, 0.15) is 20.3 Å².